The molecular weight excluding hydrogens is 879 g/mol. The van der Waals surface area contributed by atoms with Crippen LogP contribution < -0.4 is 24.7 Å². The Labute approximate surface area is 393 Å². The highest BCUT2D eigenvalue weighted by molar-refractivity contribution is 8.00. The number of benzene rings is 3. The maximum absolute atomic E-state index is 14.5. The van der Waals surface area contributed by atoms with Gasteiger partial charge in [0.25, 0.3) is 11.8 Å². The normalized spacial score (nSPS) is 17.7. The second-order valence-electron chi connectivity index (χ2n) is 18.0. The predicted molar refractivity (Wildman–Crippen MR) is 247 cm³/mol. The number of allylic oxidation sites excluding steroid dienone is 1. The number of methoxy groups -OCH3 is 1. The van der Waals surface area contributed by atoms with Crippen LogP contribution in [0.2, 0.25) is 0 Å². The number of nitrogens with one attached hydrogen (secondary N) is 2. The van der Waals surface area contributed by atoms with E-state index in [1.807, 2.05) is 72.8 Å². The second-order valence-corrected chi connectivity index (χ2v) is 19.1. The molecule has 0 unspecified atom stereocenters. The van der Waals surface area contributed by atoms with E-state index in [4.69, 9.17) is 23.7 Å². The number of rotatable bonds is 13. The van der Waals surface area contributed by atoms with Gasteiger partial charge in [0.15, 0.2) is 30.0 Å². The number of thioether (sulfide) groups is 1. The molecule has 4 amide bonds. The van der Waals surface area contributed by atoms with Crippen molar-refractivity contribution in [2.75, 3.05) is 24.7 Å². The summed E-state index contributed by atoms with van der Waals surface area (Å²) < 4.78 is 29.2. The fourth-order valence-corrected chi connectivity index (χ4v) is 8.87. The van der Waals surface area contributed by atoms with E-state index < -0.39 is 52.8 Å². The number of esters is 1. The number of carbonyl (C=O) groups is 6. The van der Waals surface area contributed by atoms with E-state index in [0.717, 1.165) is 16.7 Å². The average molecular weight is 933 g/mol. The first-order valence-corrected chi connectivity index (χ1v) is 22.8. The minimum Gasteiger partial charge on any atom is -0.493 e. The van der Waals surface area contributed by atoms with Crippen LogP contribution in [0.1, 0.15) is 70.8 Å². The summed E-state index contributed by atoms with van der Waals surface area (Å²) in [6.07, 6.45) is 3.16. The third-order valence-corrected chi connectivity index (χ3v) is 11.8. The van der Waals surface area contributed by atoms with Crippen molar-refractivity contribution in [3.63, 3.8) is 0 Å². The van der Waals surface area contributed by atoms with Crippen molar-refractivity contribution >= 4 is 53.4 Å². The van der Waals surface area contributed by atoms with Gasteiger partial charge in [-0.1, -0.05) is 60.7 Å². The molecule has 350 valence electrons. The summed E-state index contributed by atoms with van der Waals surface area (Å²) in [5.41, 5.74) is 2.16. The Morgan fingerprint density at radius 2 is 1.49 bits per heavy atom. The van der Waals surface area contributed by atoms with Crippen molar-refractivity contribution in [2.45, 2.75) is 89.8 Å². The number of fused-ring (bicyclic) bond motifs is 1. The van der Waals surface area contributed by atoms with Gasteiger partial charge in [-0.3, -0.25) is 19.3 Å². The third-order valence-electron chi connectivity index (χ3n) is 10.5. The molecule has 0 aliphatic carbocycles. The third kappa shape index (κ3) is 12.0. The van der Waals surface area contributed by atoms with Crippen LogP contribution in [0.15, 0.2) is 126 Å². The van der Waals surface area contributed by atoms with Crippen LogP contribution in [0.4, 0.5) is 15.3 Å². The highest BCUT2D eigenvalue weighted by atomic mass is 32.2. The van der Waals surface area contributed by atoms with E-state index in [1.165, 1.54) is 35.9 Å². The maximum Gasteiger partial charge on any atom is 0.514 e. The number of aromatic nitrogens is 1. The van der Waals surface area contributed by atoms with Crippen LogP contribution in [0.5, 0.6) is 11.5 Å². The van der Waals surface area contributed by atoms with Crippen LogP contribution in [0.3, 0.4) is 0 Å². The summed E-state index contributed by atoms with van der Waals surface area (Å²) in [6.45, 7) is 11.1. The van der Waals surface area contributed by atoms with Gasteiger partial charge in [-0.25, -0.2) is 14.4 Å². The Kier molecular flexibility index (Phi) is 14.4. The molecule has 2 atom stereocenters. The standard InChI is InChI=1S/C50H53N5O11S/c1-49(2,3)65-47(60)52-40-44(58)55-41(46(59)64-42(32-14-10-8-11-15-32)33-16-12-9-13-17-33)35(30-67-45(40)55)26-34-22-25-54(43(34)57)28-31-20-23-53(24-21-31)29-39(56)51-36-18-19-37(38(27-36)62-7)63-48(61)66-50(4,5)6/h8-21,23-24,26-27,40,42,45H,22,25,28-30H2,1-7H3,(H-,51,52,56,60)/p+1/b34-26+/t40-,45-/m1/s1. The Bertz CT molecular complexity index is 2550. The number of β-lactam (4-membered cyclic amide) rings is 1. The predicted octanol–water partition coefficient (Wildman–Crippen LogP) is 6.99. The minimum absolute atomic E-state index is 0.0121. The van der Waals surface area contributed by atoms with Crippen molar-refractivity contribution in [3.8, 4) is 11.5 Å². The largest absolute Gasteiger partial charge is 0.514 e. The zero-order valence-corrected chi connectivity index (χ0v) is 39.2. The zero-order chi connectivity index (χ0) is 48.0. The molecule has 2 saturated heterocycles. The molecule has 3 aromatic carbocycles. The molecule has 2 N–H and O–H groups in total. The Morgan fingerprint density at radius 3 is 2.10 bits per heavy atom. The first-order chi connectivity index (χ1) is 31.9. The summed E-state index contributed by atoms with van der Waals surface area (Å²) >= 11 is 1.37. The van der Waals surface area contributed by atoms with Gasteiger partial charge in [-0.15, -0.1) is 11.8 Å². The number of likely N-dealkylation sites (tertiary alicyclic amines) is 1. The lowest BCUT2D eigenvalue weighted by Crippen LogP contribution is -2.70. The van der Waals surface area contributed by atoms with Crippen molar-refractivity contribution in [1.82, 2.24) is 15.1 Å². The lowest BCUT2D eigenvalue weighted by Gasteiger charge is -2.49. The van der Waals surface area contributed by atoms with E-state index in [1.54, 1.807) is 75.5 Å². The van der Waals surface area contributed by atoms with E-state index in [-0.39, 0.29) is 41.3 Å². The minimum atomic E-state index is -0.936. The van der Waals surface area contributed by atoms with Gasteiger partial charge >= 0.3 is 18.2 Å². The van der Waals surface area contributed by atoms with Gasteiger partial charge < -0.3 is 39.2 Å². The van der Waals surface area contributed by atoms with Crippen molar-refractivity contribution in [1.29, 1.82) is 0 Å². The summed E-state index contributed by atoms with van der Waals surface area (Å²) in [6, 6.07) is 25.9. The Balaban J connectivity index is 1.04. The van der Waals surface area contributed by atoms with Crippen LogP contribution >= 0.6 is 11.8 Å². The van der Waals surface area contributed by atoms with Crippen molar-refractivity contribution in [3.05, 3.63) is 143 Å². The van der Waals surface area contributed by atoms with Gasteiger partial charge in [0, 0.05) is 48.3 Å². The summed E-state index contributed by atoms with van der Waals surface area (Å²) in [4.78, 5) is 83.3. The average Bonchev–Trinajstić information content (AvgIpc) is 3.61. The van der Waals surface area contributed by atoms with E-state index in [9.17, 15) is 28.8 Å². The van der Waals surface area contributed by atoms with Crippen LogP contribution in [0.25, 0.3) is 0 Å². The van der Waals surface area contributed by atoms with Gasteiger partial charge in [-0.2, -0.15) is 4.57 Å². The molecule has 67 heavy (non-hydrogen) atoms. The molecule has 7 rings (SSSR count). The molecule has 16 nitrogen and oxygen atoms in total. The first-order valence-electron chi connectivity index (χ1n) is 21.7. The molecule has 4 aromatic rings. The van der Waals surface area contributed by atoms with Crippen LogP contribution in [0, 0.1) is 0 Å². The van der Waals surface area contributed by atoms with Gasteiger partial charge in [0.05, 0.1) is 7.11 Å². The summed E-state index contributed by atoms with van der Waals surface area (Å²) in [5.74, 6) is -1.15. The molecule has 3 aliphatic heterocycles. The fraction of sp³-hybridized carbons (Fsp3) is 0.340. The molecule has 0 spiro atoms. The van der Waals surface area contributed by atoms with E-state index in [0.29, 0.717) is 36.3 Å². The van der Waals surface area contributed by atoms with Gasteiger partial charge in [0.2, 0.25) is 12.5 Å². The highest BCUT2D eigenvalue weighted by Gasteiger charge is 2.55. The number of anilines is 1. The first kappa shape index (κ1) is 47.8. The molecule has 1 aromatic heterocycles. The SMILES string of the molecule is COc1cc(NC(=O)C[n+]2ccc(CN3CC/C(=C\C4=C(C(=O)OC(c5ccccc5)c5ccccc5)N5C(=O)[C@@H](NC(=O)OC(C)(C)C)[C@H]5SC4)C3=O)cc2)ccc1OC(=O)OC(C)(C)C. The molecular formula is C50H54N5O11S+. The number of carbonyl (C=O) groups excluding carboxylic acids is 6. The fourth-order valence-electron chi connectivity index (χ4n) is 7.56. The highest BCUT2D eigenvalue weighted by Crippen LogP contribution is 2.43. The Hall–Kier alpha value is -7.14. The molecule has 0 radical (unpaired) electrons. The zero-order valence-electron chi connectivity index (χ0n) is 38.4. The monoisotopic (exact) mass is 932 g/mol. The number of pyridine rings is 1. The lowest BCUT2D eigenvalue weighted by atomic mass is 10.00. The Morgan fingerprint density at radius 1 is 0.851 bits per heavy atom. The van der Waals surface area contributed by atoms with E-state index in [2.05, 4.69) is 10.6 Å². The van der Waals surface area contributed by atoms with E-state index >= 15 is 0 Å². The molecule has 0 saturated carbocycles. The summed E-state index contributed by atoms with van der Waals surface area (Å²) in [5, 5.41) is 4.88. The number of amides is 4. The molecule has 17 heteroatoms. The second kappa shape index (κ2) is 20.2. The lowest BCUT2D eigenvalue weighted by molar-refractivity contribution is -0.684. The number of hydrogen-bond donors (Lipinski definition) is 2. The molecule has 3 aliphatic rings. The van der Waals surface area contributed by atoms with Crippen LogP contribution in [-0.2, 0) is 46.5 Å². The number of alkyl carbamates (subject to hydrolysis) is 1. The van der Waals surface area contributed by atoms with Crippen LogP contribution in [-0.4, -0.2) is 87.8 Å². The maximum atomic E-state index is 14.5. The molecule has 2 fully saturated rings. The van der Waals surface area contributed by atoms with Gasteiger partial charge in [0.1, 0.15) is 28.3 Å². The number of hydrogen-bond acceptors (Lipinski definition) is 12. The van der Waals surface area contributed by atoms with Gasteiger partial charge in [-0.05, 0) is 88.4 Å². The molecule has 4 heterocycles. The van der Waals surface area contributed by atoms with Crippen molar-refractivity contribution in [2.24, 2.45) is 0 Å². The smallest absolute Gasteiger partial charge is 0.493 e. The quantitative estimate of drug-likeness (QED) is 0.0351. The number of ether oxygens (including phenoxy) is 5. The number of nitrogens with zero attached hydrogens (tertiary/aromatic N) is 3. The van der Waals surface area contributed by atoms with Crippen molar-refractivity contribution < 1.29 is 57.0 Å². The molecule has 0 bridgehead atoms. The summed E-state index contributed by atoms with van der Waals surface area (Å²) in [7, 11) is 1.42. The topological polar surface area (TPSA) is 183 Å².